The molecule has 2 aromatic rings. The second-order valence-corrected chi connectivity index (χ2v) is 6.30. The van der Waals surface area contributed by atoms with Crippen LogP contribution in [-0.2, 0) is 4.79 Å². The maximum absolute atomic E-state index is 12.5. The highest BCUT2D eigenvalue weighted by Gasteiger charge is 2.21. The molecule has 0 aliphatic rings. The number of carbonyl (C=O) groups excluding carboxylic acids is 2. The van der Waals surface area contributed by atoms with Crippen LogP contribution in [0, 0.1) is 0 Å². The molecule has 0 bridgehead atoms. The Labute approximate surface area is 160 Å². The summed E-state index contributed by atoms with van der Waals surface area (Å²) in [7, 11) is 3.36. The normalized spacial score (nSPS) is 11.6. The average molecular weight is 369 g/mol. The van der Waals surface area contributed by atoms with Crippen molar-refractivity contribution < 1.29 is 19.1 Å². The first kappa shape index (κ1) is 20.5. The summed E-state index contributed by atoms with van der Waals surface area (Å²) in [6.07, 6.45) is 0.345. The molecule has 2 rings (SSSR count). The molecule has 0 spiro atoms. The number of nitrogens with zero attached hydrogens (tertiary/aromatic N) is 1. The number of hydrogen-bond donors (Lipinski definition) is 0. The topological polar surface area (TPSA) is 55.8 Å². The van der Waals surface area contributed by atoms with Crippen LogP contribution in [0.4, 0.5) is 0 Å². The van der Waals surface area contributed by atoms with E-state index in [1.807, 2.05) is 38.1 Å². The van der Waals surface area contributed by atoms with E-state index < -0.39 is 0 Å². The van der Waals surface area contributed by atoms with Gasteiger partial charge in [-0.1, -0.05) is 18.2 Å². The minimum Gasteiger partial charge on any atom is -0.496 e. The summed E-state index contributed by atoms with van der Waals surface area (Å²) in [6.45, 7) is 4.44. The lowest BCUT2D eigenvalue weighted by Gasteiger charge is -2.26. The second-order valence-electron chi connectivity index (χ2n) is 6.30. The van der Waals surface area contributed by atoms with Gasteiger partial charge in [0.1, 0.15) is 11.5 Å². The van der Waals surface area contributed by atoms with Crippen LogP contribution in [0.25, 0.3) is 0 Å². The summed E-state index contributed by atoms with van der Waals surface area (Å²) in [4.78, 5) is 26.6. The standard InChI is InChI=1S/C22H27NO4/c1-5-27-18-12-10-17(11-13-18)20(24)14-15-22(25)23(3)16(2)19-8-6-7-9-21(19)26-4/h6-13,16H,5,14-15H2,1-4H3. The number of amides is 1. The predicted molar refractivity (Wildman–Crippen MR) is 105 cm³/mol. The Morgan fingerprint density at radius 2 is 1.70 bits per heavy atom. The van der Waals surface area contributed by atoms with E-state index in [1.54, 1.807) is 43.3 Å². The summed E-state index contributed by atoms with van der Waals surface area (Å²) in [5.74, 6) is 1.35. The quantitative estimate of drug-likeness (QED) is 0.619. The van der Waals surface area contributed by atoms with Crippen molar-refractivity contribution in [1.82, 2.24) is 4.90 Å². The Kier molecular flexibility index (Phi) is 7.41. The Balaban J connectivity index is 1.94. The summed E-state index contributed by atoms with van der Waals surface area (Å²) >= 11 is 0. The molecule has 1 amide bonds. The molecule has 144 valence electrons. The van der Waals surface area contributed by atoms with Crippen molar-refractivity contribution in [3.05, 3.63) is 59.7 Å². The Bertz CT molecular complexity index is 770. The third kappa shape index (κ3) is 5.33. The molecule has 5 nitrogen and oxygen atoms in total. The van der Waals surface area contributed by atoms with E-state index >= 15 is 0 Å². The third-order valence-corrected chi connectivity index (χ3v) is 4.62. The van der Waals surface area contributed by atoms with Crippen molar-refractivity contribution in [3.8, 4) is 11.5 Å². The SMILES string of the molecule is CCOc1ccc(C(=O)CCC(=O)N(C)C(C)c2ccccc2OC)cc1. The first-order valence-electron chi connectivity index (χ1n) is 9.12. The maximum atomic E-state index is 12.5. The number of para-hydroxylation sites is 1. The van der Waals surface area contributed by atoms with Crippen LogP contribution in [0.5, 0.6) is 11.5 Å². The maximum Gasteiger partial charge on any atom is 0.223 e. The highest BCUT2D eigenvalue weighted by atomic mass is 16.5. The van der Waals surface area contributed by atoms with E-state index in [4.69, 9.17) is 9.47 Å². The number of ketones is 1. The molecule has 0 radical (unpaired) electrons. The molecular weight excluding hydrogens is 342 g/mol. The fourth-order valence-corrected chi connectivity index (χ4v) is 2.88. The highest BCUT2D eigenvalue weighted by molar-refractivity contribution is 5.98. The minimum atomic E-state index is -0.144. The molecule has 1 unspecified atom stereocenters. The van der Waals surface area contributed by atoms with Crippen LogP contribution >= 0.6 is 0 Å². The smallest absolute Gasteiger partial charge is 0.223 e. The summed E-state index contributed by atoms with van der Waals surface area (Å²) in [6, 6.07) is 14.5. The Hall–Kier alpha value is -2.82. The van der Waals surface area contributed by atoms with E-state index in [2.05, 4.69) is 0 Å². The second kappa shape index (κ2) is 9.76. The zero-order valence-corrected chi connectivity index (χ0v) is 16.4. The van der Waals surface area contributed by atoms with Gasteiger partial charge in [-0.25, -0.2) is 0 Å². The Morgan fingerprint density at radius 3 is 2.33 bits per heavy atom. The van der Waals surface area contributed by atoms with Crippen LogP contribution in [0.3, 0.4) is 0 Å². The molecule has 0 heterocycles. The molecule has 5 heteroatoms. The lowest BCUT2D eigenvalue weighted by Crippen LogP contribution is -2.30. The average Bonchev–Trinajstić information content (AvgIpc) is 2.71. The lowest BCUT2D eigenvalue weighted by molar-refractivity contribution is -0.131. The Morgan fingerprint density at radius 1 is 1.04 bits per heavy atom. The van der Waals surface area contributed by atoms with Crippen LogP contribution in [0.15, 0.2) is 48.5 Å². The van der Waals surface area contributed by atoms with Crippen molar-refractivity contribution in [1.29, 1.82) is 0 Å². The van der Waals surface area contributed by atoms with Crippen molar-refractivity contribution in [2.45, 2.75) is 32.7 Å². The first-order chi connectivity index (χ1) is 13.0. The summed E-state index contributed by atoms with van der Waals surface area (Å²) < 4.78 is 10.8. The fourth-order valence-electron chi connectivity index (χ4n) is 2.88. The zero-order chi connectivity index (χ0) is 19.8. The van der Waals surface area contributed by atoms with Crippen LogP contribution in [0.1, 0.15) is 48.7 Å². The van der Waals surface area contributed by atoms with Gasteiger partial charge in [-0.15, -0.1) is 0 Å². The van der Waals surface area contributed by atoms with Gasteiger partial charge in [-0.3, -0.25) is 9.59 Å². The van der Waals surface area contributed by atoms with Crippen LogP contribution < -0.4 is 9.47 Å². The van der Waals surface area contributed by atoms with E-state index in [9.17, 15) is 9.59 Å². The van der Waals surface area contributed by atoms with E-state index in [-0.39, 0.29) is 30.6 Å². The predicted octanol–water partition coefficient (Wildman–Crippen LogP) is 4.28. The van der Waals surface area contributed by atoms with Gasteiger partial charge in [0.05, 0.1) is 19.8 Å². The van der Waals surface area contributed by atoms with Gasteiger partial charge in [0.2, 0.25) is 5.91 Å². The monoisotopic (exact) mass is 369 g/mol. The zero-order valence-electron chi connectivity index (χ0n) is 16.4. The number of Topliss-reactive ketones (excluding diaryl/α,β-unsaturated/α-hetero) is 1. The molecule has 0 N–H and O–H groups in total. The summed E-state index contributed by atoms with van der Waals surface area (Å²) in [5, 5.41) is 0. The molecule has 0 aliphatic heterocycles. The minimum absolute atomic E-state index is 0.0512. The first-order valence-corrected chi connectivity index (χ1v) is 9.12. The van der Waals surface area contributed by atoms with Crippen molar-refractivity contribution >= 4 is 11.7 Å². The van der Waals surface area contributed by atoms with Gasteiger partial charge in [-0.2, -0.15) is 0 Å². The van der Waals surface area contributed by atoms with Crippen LogP contribution in [0.2, 0.25) is 0 Å². The largest absolute Gasteiger partial charge is 0.496 e. The third-order valence-electron chi connectivity index (χ3n) is 4.62. The van der Waals surface area contributed by atoms with E-state index in [0.717, 1.165) is 17.1 Å². The van der Waals surface area contributed by atoms with Gasteiger partial charge in [0, 0.05) is 31.0 Å². The van der Waals surface area contributed by atoms with Gasteiger partial charge < -0.3 is 14.4 Å². The number of ether oxygens (including phenoxy) is 2. The van der Waals surface area contributed by atoms with Gasteiger partial charge in [0.25, 0.3) is 0 Å². The molecule has 2 aromatic carbocycles. The molecule has 0 aromatic heterocycles. The number of rotatable bonds is 9. The van der Waals surface area contributed by atoms with Crippen LogP contribution in [-0.4, -0.2) is 37.4 Å². The fraction of sp³-hybridized carbons (Fsp3) is 0.364. The van der Waals surface area contributed by atoms with E-state index in [1.165, 1.54) is 0 Å². The van der Waals surface area contributed by atoms with Crippen molar-refractivity contribution in [2.24, 2.45) is 0 Å². The van der Waals surface area contributed by atoms with E-state index in [0.29, 0.717) is 12.2 Å². The van der Waals surface area contributed by atoms with Crippen molar-refractivity contribution in [2.75, 3.05) is 20.8 Å². The number of hydrogen-bond acceptors (Lipinski definition) is 4. The van der Waals surface area contributed by atoms with Gasteiger partial charge >= 0.3 is 0 Å². The molecule has 0 aliphatic carbocycles. The van der Waals surface area contributed by atoms with Gasteiger partial charge in [0.15, 0.2) is 5.78 Å². The molecule has 0 saturated carbocycles. The van der Waals surface area contributed by atoms with Gasteiger partial charge in [-0.05, 0) is 44.2 Å². The molecular formula is C22H27NO4. The molecule has 0 fully saturated rings. The molecule has 0 saturated heterocycles. The van der Waals surface area contributed by atoms with Crippen molar-refractivity contribution in [3.63, 3.8) is 0 Å². The molecule has 1 atom stereocenters. The number of carbonyl (C=O) groups is 2. The summed E-state index contributed by atoms with van der Waals surface area (Å²) in [5.41, 5.74) is 1.53. The number of benzene rings is 2. The molecule has 27 heavy (non-hydrogen) atoms. The number of methoxy groups -OCH3 is 1. The highest BCUT2D eigenvalue weighted by Crippen LogP contribution is 2.28. The lowest BCUT2D eigenvalue weighted by atomic mass is 10.0.